The summed E-state index contributed by atoms with van der Waals surface area (Å²) in [5.41, 5.74) is 0. The summed E-state index contributed by atoms with van der Waals surface area (Å²) in [6.07, 6.45) is 11.0. The lowest BCUT2D eigenvalue weighted by molar-refractivity contribution is 0.371. The standard InChI is InChI=1S/C14H30OSi/c1-5-8-11-14(16(4)15,12-9-6-2)13-10-7-3/h5-13H2,1-4H3. The third kappa shape index (κ3) is 5.38. The lowest BCUT2D eigenvalue weighted by Gasteiger charge is -2.31. The van der Waals surface area contributed by atoms with E-state index in [1.54, 1.807) is 0 Å². The molecule has 0 atom stereocenters. The van der Waals surface area contributed by atoms with Crippen molar-refractivity contribution in [3.05, 3.63) is 0 Å². The summed E-state index contributed by atoms with van der Waals surface area (Å²) >= 11 is 0. The normalized spacial score (nSPS) is 11.8. The Labute approximate surface area is 104 Å². The molecule has 0 aliphatic carbocycles. The zero-order chi connectivity index (χ0) is 12.4. The Hall–Kier alpha value is 0.0169. The molecule has 0 radical (unpaired) electrons. The molecule has 0 aromatic carbocycles. The number of hydrogen-bond donors (Lipinski definition) is 0. The van der Waals surface area contributed by atoms with Gasteiger partial charge in [-0.15, -0.1) is 0 Å². The average molecular weight is 242 g/mol. The van der Waals surface area contributed by atoms with E-state index in [1.807, 2.05) is 6.55 Å². The van der Waals surface area contributed by atoms with E-state index in [4.69, 9.17) is 0 Å². The van der Waals surface area contributed by atoms with E-state index < -0.39 is 8.68 Å². The first kappa shape index (κ1) is 16.0. The zero-order valence-corrected chi connectivity index (χ0v) is 12.8. The molecule has 0 unspecified atom stereocenters. The van der Waals surface area contributed by atoms with Crippen LogP contribution in [-0.4, -0.2) is 8.68 Å². The number of hydrogen-bond acceptors (Lipinski definition) is 1. The molecule has 96 valence electrons. The molecule has 0 aliphatic heterocycles. The van der Waals surface area contributed by atoms with Crippen LogP contribution in [0.3, 0.4) is 0 Å². The zero-order valence-electron chi connectivity index (χ0n) is 11.8. The molecule has 0 saturated carbocycles. The lowest BCUT2D eigenvalue weighted by Crippen LogP contribution is -2.23. The van der Waals surface area contributed by atoms with Crippen molar-refractivity contribution in [3.63, 3.8) is 0 Å². The predicted molar refractivity (Wildman–Crippen MR) is 73.6 cm³/mol. The Kier molecular flexibility index (Phi) is 9.10. The highest BCUT2D eigenvalue weighted by Gasteiger charge is 2.34. The molecule has 1 nitrogen and oxygen atoms in total. The van der Waals surface area contributed by atoms with Crippen LogP contribution in [0.4, 0.5) is 0 Å². The summed E-state index contributed by atoms with van der Waals surface area (Å²) in [4.78, 5) is 0. The van der Waals surface area contributed by atoms with Gasteiger partial charge in [-0.25, -0.2) is 0 Å². The van der Waals surface area contributed by atoms with Crippen LogP contribution in [0.25, 0.3) is 0 Å². The van der Waals surface area contributed by atoms with Gasteiger partial charge in [0.15, 0.2) is 0 Å². The van der Waals surface area contributed by atoms with Gasteiger partial charge in [0.1, 0.15) is 0 Å². The van der Waals surface area contributed by atoms with Gasteiger partial charge in [-0.05, 0) is 25.8 Å². The molecule has 0 bridgehead atoms. The maximum absolute atomic E-state index is 12.2. The average Bonchev–Trinajstić information content (AvgIpc) is 2.28. The Morgan fingerprint density at radius 2 is 1.12 bits per heavy atom. The highest BCUT2D eigenvalue weighted by Crippen LogP contribution is 2.44. The number of rotatable bonds is 10. The van der Waals surface area contributed by atoms with Crippen molar-refractivity contribution in [1.82, 2.24) is 0 Å². The highest BCUT2D eigenvalue weighted by atomic mass is 28.3. The van der Waals surface area contributed by atoms with Gasteiger partial charge >= 0.3 is 0 Å². The van der Waals surface area contributed by atoms with Crippen LogP contribution < -0.4 is 0 Å². The summed E-state index contributed by atoms with van der Waals surface area (Å²) in [7, 11) is -1.40. The minimum atomic E-state index is -1.40. The highest BCUT2D eigenvalue weighted by molar-refractivity contribution is 6.45. The second kappa shape index (κ2) is 9.09. The smallest absolute Gasteiger partial charge is 0.279 e. The van der Waals surface area contributed by atoms with Gasteiger partial charge < -0.3 is 4.46 Å². The fourth-order valence-electron chi connectivity index (χ4n) is 2.45. The first-order valence-electron chi connectivity index (χ1n) is 7.14. The fraction of sp³-hybridized carbons (Fsp3) is 1.00. The lowest BCUT2D eigenvalue weighted by atomic mass is 9.89. The summed E-state index contributed by atoms with van der Waals surface area (Å²) in [5, 5.41) is 0.201. The monoisotopic (exact) mass is 242 g/mol. The SMILES string of the molecule is CCCCC(CCCC)(CCCC)[Si](C)=O. The summed E-state index contributed by atoms with van der Waals surface area (Å²) in [5.74, 6) is 0. The van der Waals surface area contributed by atoms with E-state index in [0.717, 1.165) is 0 Å². The topological polar surface area (TPSA) is 17.1 Å². The van der Waals surface area contributed by atoms with E-state index in [9.17, 15) is 4.46 Å². The molecule has 0 saturated heterocycles. The van der Waals surface area contributed by atoms with Crippen LogP contribution in [-0.2, 0) is 4.46 Å². The number of unbranched alkanes of at least 4 members (excludes halogenated alkanes) is 3. The van der Waals surface area contributed by atoms with E-state index in [-0.39, 0.29) is 5.04 Å². The molecule has 0 heterocycles. The van der Waals surface area contributed by atoms with E-state index in [2.05, 4.69) is 20.8 Å². The molecule has 0 aliphatic rings. The molecule has 0 amide bonds. The molecule has 0 spiro atoms. The Morgan fingerprint density at radius 3 is 1.31 bits per heavy atom. The molecule has 2 heteroatoms. The summed E-state index contributed by atoms with van der Waals surface area (Å²) in [6, 6.07) is 0. The third-order valence-corrected chi connectivity index (χ3v) is 6.02. The van der Waals surface area contributed by atoms with Crippen molar-refractivity contribution in [2.24, 2.45) is 0 Å². The first-order valence-corrected chi connectivity index (χ1v) is 9.04. The summed E-state index contributed by atoms with van der Waals surface area (Å²) in [6.45, 7) is 8.69. The van der Waals surface area contributed by atoms with Crippen LogP contribution >= 0.6 is 0 Å². The quantitative estimate of drug-likeness (QED) is 0.472. The van der Waals surface area contributed by atoms with Crippen molar-refractivity contribution in [2.75, 3.05) is 0 Å². The van der Waals surface area contributed by atoms with Crippen molar-refractivity contribution >= 4 is 8.68 Å². The van der Waals surface area contributed by atoms with E-state index in [0.29, 0.717) is 0 Å². The third-order valence-electron chi connectivity index (χ3n) is 3.77. The first-order chi connectivity index (χ1) is 7.63. The minimum Gasteiger partial charge on any atom is -0.388 e. The second-order valence-corrected chi connectivity index (χ2v) is 7.32. The fourth-order valence-corrected chi connectivity index (χ4v) is 4.04. The summed E-state index contributed by atoms with van der Waals surface area (Å²) < 4.78 is 12.2. The van der Waals surface area contributed by atoms with Crippen LogP contribution in [0.15, 0.2) is 0 Å². The molecule has 0 N–H and O–H groups in total. The van der Waals surface area contributed by atoms with Crippen molar-refractivity contribution in [1.29, 1.82) is 0 Å². The molecule has 0 rings (SSSR count). The molecular formula is C14H30OSi. The van der Waals surface area contributed by atoms with E-state index >= 15 is 0 Å². The van der Waals surface area contributed by atoms with Gasteiger partial charge in [-0.3, -0.25) is 0 Å². The van der Waals surface area contributed by atoms with Crippen molar-refractivity contribution < 1.29 is 4.46 Å². The van der Waals surface area contributed by atoms with Crippen LogP contribution in [0.1, 0.15) is 78.6 Å². The van der Waals surface area contributed by atoms with Crippen LogP contribution in [0.5, 0.6) is 0 Å². The second-order valence-electron chi connectivity index (χ2n) is 5.15. The van der Waals surface area contributed by atoms with Crippen molar-refractivity contribution in [2.45, 2.75) is 90.1 Å². The van der Waals surface area contributed by atoms with Gasteiger partial charge in [-0.2, -0.15) is 0 Å². The molecule has 0 aromatic rings. The van der Waals surface area contributed by atoms with Gasteiger partial charge in [0, 0.05) is 5.04 Å². The van der Waals surface area contributed by atoms with Crippen molar-refractivity contribution in [3.8, 4) is 0 Å². The largest absolute Gasteiger partial charge is 0.388 e. The Bertz CT molecular complexity index is 167. The van der Waals surface area contributed by atoms with Crippen LogP contribution in [0.2, 0.25) is 11.6 Å². The predicted octanol–water partition coefficient (Wildman–Crippen LogP) is 5.35. The van der Waals surface area contributed by atoms with Crippen LogP contribution in [0, 0.1) is 0 Å². The minimum absolute atomic E-state index is 0.201. The van der Waals surface area contributed by atoms with Gasteiger partial charge in [-0.1, -0.05) is 59.3 Å². The Balaban J connectivity index is 4.52. The van der Waals surface area contributed by atoms with Gasteiger partial charge in [0.05, 0.1) is 0 Å². The molecule has 0 aromatic heterocycles. The maximum Gasteiger partial charge on any atom is 0.279 e. The Morgan fingerprint density at radius 1 is 0.812 bits per heavy atom. The van der Waals surface area contributed by atoms with E-state index in [1.165, 1.54) is 57.8 Å². The molecule has 0 fully saturated rings. The maximum atomic E-state index is 12.2. The molecular weight excluding hydrogens is 212 g/mol. The molecule has 16 heavy (non-hydrogen) atoms. The van der Waals surface area contributed by atoms with Gasteiger partial charge in [0.25, 0.3) is 8.68 Å². The van der Waals surface area contributed by atoms with Gasteiger partial charge in [0.2, 0.25) is 0 Å².